The minimum absolute atomic E-state index is 0.0149. The highest BCUT2D eigenvalue weighted by Crippen LogP contribution is 2.43. The number of nitrogens with zero attached hydrogens (tertiary/aromatic N) is 3. The lowest BCUT2D eigenvalue weighted by molar-refractivity contribution is 0.0844. The van der Waals surface area contributed by atoms with Crippen molar-refractivity contribution < 1.29 is 29.2 Å². The highest BCUT2D eigenvalue weighted by molar-refractivity contribution is 6.31. The normalized spacial score (nSPS) is 14.7. The molecule has 10 heteroatoms. The number of fused-ring (bicyclic) bond motifs is 1. The lowest BCUT2D eigenvalue weighted by Gasteiger charge is -2.26. The molecule has 1 atom stereocenters. The van der Waals surface area contributed by atoms with Gasteiger partial charge in [-0.3, -0.25) is 4.79 Å². The van der Waals surface area contributed by atoms with E-state index in [1.807, 2.05) is 24.3 Å². The number of ketones is 1. The quantitative estimate of drug-likeness (QED) is 0.370. The summed E-state index contributed by atoms with van der Waals surface area (Å²) in [5, 5.41) is 29.5. The van der Waals surface area contributed by atoms with Gasteiger partial charge in [0.2, 0.25) is 0 Å². The minimum atomic E-state index is -0.638. The molecule has 36 heavy (non-hydrogen) atoms. The van der Waals surface area contributed by atoms with Crippen LogP contribution in [0.2, 0.25) is 5.02 Å². The van der Waals surface area contributed by atoms with E-state index >= 15 is 0 Å². The van der Waals surface area contributed by atoms with Crippen LogP contribution in [0.25, 0.3) is 0 Å². The maximum Gasteiger partial charge on any atom is 0.174 e. The Labute approximate surface area is 211 Å². The average molecular weight is 508 g/mol. The van der Waals surface area contributed by atoms with Gasteiger partial charge >= 0.3 is 0 Å². The van der Waals surface area contributed by atoms with Gasteiger partial charge in [-0.2, -0.15) is 0 Å². The fourth-order valence-corrected chi connectivity index (χ4v) is 4.23. The Bertz CT molecular complexity index is 1440. The third-order valence-electron chi connectivity index (χ3n) is 5.81. The van der Waals surface area contributed by atoms with Gasteiger partial charge in [0.1, 0.15) is 41.2 Å². The van der Waals surface area contributed by atoms with Crippen LogP contribution in [0.5, 0.6) is 28.7 Å². The Morgan fingerprint density at radius 1 is 1.14 bits per heavy atom. The first kappa shape index (κ1) is 23.5. The molecule has 5 rings (SSSR count). The molecule has 0 saturated heterocycles. The minimum Gasteiger partial charge on any atom is -0.507 e. The Morgan fingerprint density at radius 2 is 1.97 bits per heavy atom. The van der Waals surface area contributed by atoms with Crippen molar-refractivity contribution >= 4 is 17.4 Å². The molecule has 1 aliphatic rings. The second-order valence-corrected chi connectivity index (χ2v) is 8.68. The number of carbonyl (C=O) groups excluding carboxylic acids is 1. The van der Waals surface area contributed by atoms with Crippen molar-refractivity contribution in [2.24, 2.45) is 0 Å². The number of aromatic hydroxyl groups is 2. The molecule has 0 unspecified atom stereocenters. The molecule has 0 amide bonds. The van der Waals surface area contributed by atoms with Crippen LogP contribution < -0.4 is 14.2 Å². The number of carbonyl (C=O) groups is 1. The topological polar surface area (TPSA) is 116 Å². The maximum absolute atomic E-state index is 12.8. The van der Waals surface area contributed by atoms with Crippen LogP contribution >= 0.6 is 11.6 Å². The summed E-state index contributed by atoms with van der Waals surface area (Å²) in [4.78, 5) is 12.8. The first-order chi connectivity index (χ1) is 17.4. The molecule has 2 heterocycles. The summed E-state index contributed by atoms with van der Waals surface area (Å²) in [6.45, 7) is 0.551. The number of hydrogen-bond donors (Lipinski definition) is 2. The summed E-state index contributed by atoms with van der Waals surface area (Å²) in [7, 11) is 1.45. The van der Waals surface area contributed by atoms with Gasteiger partial charge in [-0.25, -0.2) is 4.68 Å². The zero-order valence-electron chi connectivity index (χ0n) is 19.2. The lowest BCUT2D eigenvalue weighted by atomic mass is 9.95. The van der Waals surface area contributed by atoms with Gasteiger partial charge in [0.15, 0.2) is 17.3 Å². The Kier molecular flexibility index (Phi) is 6.39. The summed E-state index contributed by atoms with van der Waals surface area (Å²) in [5.41, 5.74) is 2.19. The predicted octanol–water partition coefficient (Wildman–Crippen LogP) is 4.69. The Hall–Kier alpha value is -4.24. The van der Waals surface area contributed by atoms with Crippen LogP contribution in [0.15, 0.2) is 60.8 Å². The van der Waals surface area contributed by atoms with Crippen LogP contribution in [0.1, 0.15) is 39.7 Å². The molecule has 0 bridgehead atoms. The average Bonchev–Trinajstić information content (AvgIpc) is 3.31. The summed E-state index contributed by atoms with van der Waals surface area (Å²) >= 11 is 6.21. The number of phenolic OH excluding ortho intramolecular Hbond substituents is 2. The zero-order valence-corrected chi connectivity index (χ0v) is 20.0. The Morgan fingerprint density at radius 3 is 2.75 bits per heavy atom. The van der Waals surface area contributed by atoms with Crippen molar-refractivity contribution in [1.82, 2.24) is 15.0 Å². The van der Waals surface area contributed by atoms with E-state index in [2.05, 4.69) is 10.3 Å². The van der Waals surface area contributed by atoms with Crippen molar-refractivity contribution in [2.45, 2.75) is 25.7 Å². The number of benzene rings is 3. The molecule has 3 aromatic carbocycles. The van der Waals surface area contributed by atoms with Crippen molar-refractivity contribution in [1.29, 1.82) is 0 Å². The van der Waals surface area contributed by atoms with Crippen molar-refractivity contribution in [3.63, 3.8) is 0 Å². The monoisotopic (exact) mass is 507 g/mol. The van der Waals surface area contributed by atoms with Crippen LogP contribution in [-0.4, -0.2) is 38.1 Å². The smallest absolute Gasteiger partial charge is 0.174 e. The summed E-state index contributed by atoms with van der Waals surface area (Å²) in [6, 6.07) is 15.2. The van der Waals surface area contributed by atoms with Gasteiger partial charge in [0.25, 0.3) is 0 Å². The van der Waals surface area contributed by atoms with E-state index < -0.39 is 6.10 Å². The van der Waals surface area contributed by atoms with Gasteiger partial charge in [0.05, 0.1) is 26.3 Å². The SMILES string of the molecule is COc1ccc([C@@H]2CC(=O)c3c(O)cc(OCc4cn(Cc5ccccc5Cl)nn4)cc3O2)cc1O. The Balaban J connectivity index is 1.30. The molecule has 9 nitrogen and oxygen atoms in total. The summed E-state index contributed by atoms with van der Waals surface area (Å²) < 4.78 is 18.5. The van der Waals surface area contributed by atoms with E-state index in [1.54, 1.807) is 29.1 Å². The molecular formula is C26H22ClN3O6. The highest BCUT2D eigenvalue weighted by Gasteiger charge is 2.31. The molecule has 0 saturated carbocycles. The molecule has 184 valence electrons. The van der Waals surface area contributed by atoms with E-state index in [4.69, 9.17) is 25.8 Å². The van der Waals surface area contributed by atoms with E-state index in [-0.39, 0.29) is 41.6 Å². The molecular weight excluding hydrogens is 486 g/mol. The number of aromatic nitrogens is 3. The molecule has 0 aliphatic carbocycles. The molecule has 1 aliphatic heterocycles. The van der Waals surface area contributed by atoms with Gasteiger partial charge in [-0.1, -0.05) is 41.1 Å². The number of hydrogen-bond acceptors (Lipinski definition) is 8. The maximum atomic E-state index is 12.8. The van der Waals surface area contributed by atoms with Crippen LogP contribution in [0.4, 0.5) is 0 Å². The van der Waals surface area contributed by atoms with Crippen LogP contribution in [0.3, 0.4) is 0 Å². The number of ether oxygens (including phenoxy) is 3. The number of rotatable bonds is 7. The first-order valence-electron chi connectivity index (χ1n) is 11.1. The fraction of sp³-hybridized carbons (Fsp3) is 0.192. The lowest BCUT2D eigenvalue weighted by Crippen LogP contribution is -2.20. The van der Waals surface area contributed by atoms with Crippen LogP contribution in [-0.2, 0) is 13.2 Å². The van der Waals surface area contributed by atoms with Gasteiger partial charge in [-0.15, -0.1) is 5.10 Å². The molecule has 0 spiro atoms. The summed E-state index contributed by atoms with van der Waals surface area (Å²) in [6.07, 6.45) is 1.12. The van der Waals surface area contributed by atoms with Gasteiger partial charge in [-0.05, 0) is 29.3 Å². The largest absolute Gasteiger partial charge is 0.507 e. The van der Waals surface area contributed by atoms with Crippen LogP contribution in [0, 0.1) is 0 Å². The van der Waals surface area contributed by atoms with E-state index in [1.165, 1.54) is 19.2 Å². The van der Waals surface area contributed by atoms with Gasteiger partial charge < -0.3 is 24.4 Å². The third kappa shape index (κ3) is 4.78. The number of halogens is 1. The second-order valence-electron chi connectivity index (χ2n) is 8.27. The van der Waals surface area contributed by atoms with E-state index in [9.17, 15) is 15.0 Å². The highest BCUT2D eigenvalue weighted by atomic mass is 35.5. The number of phenols is 2. The third-order valence-corrected chi connectivity index (χ3v) is 6.18. The molecule has 0 fully saturated rings. The zero-order chi connectivity index (χ0) is 25.2. The number of methoxy groups -OCH3 is 1. The number of Topliss-reactive ketones (excluding diaryl/α,β-unsaturated/α-hetero) is 1. The predicted molar refractivity (Wildman–Crippen MR) is 130 cm³/mol. The van der Waals surface area contributed by atoms with Crippen molar-refractivity contribution in [2.75, 3.05) is 7.11 Å². The fourth-order valence-electron chi connectivity index (χ4n) is 4.03. The molecule has 4 aromatic rings. The molecule has 0 radical (unpaired) electrons. The van der Waals surface area contributed by atoms with E-state index in [0.717, 1.165) is 5.56 Å². The first-order valence-corrected chi connectivity index (χ1v) is 11.5. The molecule has 2 N–H and O–H groups in total. The second kappa shape index (κ2) is 9.79. The summed E-state index contributed by atoms with van der Waals surface area (Å²) in [5.74, 6) is 0.258. The van der Waals surface area contributed by atoms with Crippen molar-refractivity contribution in [3.05, 3.63) is 88.2 Å². The van der Waals surface area contributed by atoms with E-state index in [0.29, 0.717) is 34.3 Å². The van der Waals surface area contributed by atoms with Crippen molar-refractivity contribution in [3.8, 4) is 28.7 Å². The van der Waals surface area contributed by atoms with Gasteiger partial charge in [0, 0.05) is 17.2 Å². The standard InChI is InChI=1S/C26H22ClN3O6/c1-34-23-7-6-15(8-20(23)31)24-11-22(33)26-21(32)9-18(10-25(26)36-24)35-14-17-13-30(29-28-17)12-16-4-2-3-5-19(16)27/h2-10,13,24,31-32H,11-12,14H2,1H3/t24-/m0/s1. The molecule has 1 aromatic heterocycles.